The topological polar surface area (TPSA) is 94.3 Å². The fourth-order valence-electron chi connectivity index (χ4n) is 2.88. The van der Waals surface area contributed by atoms with Crippen molar-refractivity contribution in [2.24, 2.45) is 5.73 Å². The number of ether oxygens (including phenoxy) is 1. The first-order chi connectivity index (χ1) is 13.0. The Morgan fingerprint density at radius 1 is 1.26 bits per heavy atom. The van der Waals surface area contributed by atoms with Crippen molar-refractivity contribution in [1.82, 2.24) is 10.3 Å². The Balaban J connectivity index is 1.90. The molecule has 3 N–H and O–H groups in total. The van der Waals surface area contributed by atoms with Gasteiger partial charge in [0.05, 0.1) is 22.2 Å². The van der Waals surface area contributed by atoms with Gasteiger partial charge in [0.1, 0.15) is 6.04 Å². The van der Waals surface area contributed by atoms with Crippen molar-refractivity contribution in [3.8, 4) is 11.1 Å². The zero-order chi connectivity index (χ0) is 19.4. The van der Waals surface area contributed by atoms with E-state index in [0.29, 0.717) is 4.88 Å². The van der Waals surface area contributed by atoms with Gasteiger partial charge in [0.25, 0.3) is 5.91 Å². The van der Waals surface area contributed by atoms with Gasteiger partial charge in [-0.05, 0) is 29.7 Å². The van der Waals surface area contributed by atoms with Gasteiger partial charge in [-0.15, -0.1) is 11.3 Å². The standard InChI is InChI=1S/C20H21N3O3S/c1-3-12-6-4-5-7-13(12)14-8-9-22-16-10-17(27-18(14)16)19(24)23-11-15(21)20(25)26-2/h4-10,15H,3,11,21H2,1-2H3,(H,23,24)/t15-/m1/s1. The summed E-state index contributed by atoms with van der Waals surface area (Å²) in [6.07, 6.45) is 2.68. The van der Waals surface area contributed by atoms with Crippen LogP contribution in [0.15, 0.2) is 42.6 Å². The van der Waals surface area contributed by atoms with E-state index >= 15 is 0 Å². The molecule has 0 bridgehead atoms. The molecule has 1 atom stereocenters. The van der Waals surface area contributed by atoms with Gasteiger partial charge in [0, 0.05) is 18.3 Å². The van der Waals surface area contributed by atoms with Crippen LogP contribution in [0.5, 0.6) is 0 Å². The van der Waals surface area contributed by atoms with Crippen LogP contribution in [0.3, 0.4) is 0 Å². The maximum atomic E-state index is 12.5. The number of nitrogens with two attached hydrogens (primary N) is 1. The van der Waals surface area contributed by atoms with Crippen LogP contribution in [0.25, 0.3) is 21.3 Å². The first kappa shape index (κ1) is 19.0. The van der Waals surface area contributed by atoms with E-state index in [-0.39, 0.29) is 12.5 Å². The SMILES string of the molecule is CCc1ccccc1-c1ccnc2cc(C(=O)NC[C@@H](N)C(=O)OC)sc12. The molecule has 0 saturated heterocycles. The number of nitrogens with zero attached hydrogens (tertiary/aromatic N) is 1. The smallest absolute Gasteiger partial charge is 0.324 e. The number of rotatable bonds is 6. The Hall–Kier alpha value is -2.77. The summed E-state index contributed by atoms with van der Waals surface area (Å²) in [5.41, 5.74) is 9.89. The van der Waals surface area contributed by atoms with Gasteiger partial charge < -0.3 is 15.8 Å². The van der Waals surface area contributed by atoms with Crippen LogP contribution in [0.4, 0.5) is 0 Å². The maximum Gasteiger partial charge on any atom is 0.324 e. The molecule has 6 nitrogen and oxygen atoms in total. The Kier molecular flexibility index (Phi) is 5.83. The number of methoxy groups -OCH3 is 1. The summed E-state index contributed by atoms with van der Waals surface area (Å²) in [6, 6.07) is 11.1. The predicted octanol–water partition coefficient (Wildman–Crippen LogP) is 2.76. The lowest BCUT2D eigenvalue weighted by Gasteiger charge is -2.09. The first-order valence-electron chi connectivity index (χ1n) is 8.63. The van der Waals surface area contributed by atoms with Crippen molar-refractivity contribution < 1.29 is 14.3 Å². The quantitative estimate of drug-likeness (QED) is 0.638. The van der Waals surface area contributed by atoms with Crippen LogP contribution < -0.4 is 11.1 Å². The average Bonchev–Trinajstić information content (AvgIpc) is 3.15. The molecule has 3 rings (SSSR count). The third kappa shape index (κ3) is 3.99. The Labute approximate surface area is 161 Å². The summed E-state index contributed by atoms with van der Waals surface area (Å²) < 4.78 is 5.52. The van der Waals surface area contributed by atoms with Crippen molar-refractivity contribution >= 4 is 33.4 Å². The van der Waals surface area contributed by atoms with E-state index in [2.05, 4.69) is 34.1 Å². The molecule has 0 unspecified atom stereocenters. The number of benzene rings is 1. The summed E-state index contributed by atoms with van der Waals surface area (Å²) in [5, 5.41) is 2.67. The monoisotopic (exact) mass is 383 g/mol. The molecule has 0 spiro atoms. The lowest BCUT2D eigenvalue weighted by Crippen LogP contribution is -2.42. The third-order valence-electron chi connectivity index (χ3n) is 4.31. The molecule has 2 aromatic heterocycles. The fourth-order valence-corrected chi connectivity index (χ4v) is 3.94. The van der Waals surface area contributed by atoms with Crippen LogP contribution in [0, 0.1) is 0 Å². The van der Waals surface area contributed by atoms with Crippen molar-refractivity contribution in [1.29, 1.82) is 0 Å². The predicted molar refractivity (Wildman–Crippen MR) is 107 cm³/mol. The van der Waals surface area contributed by atoms with E-state index in [1.807, 2.05) is 18.2 Å². The van der Waals surface area contributed by atoms with Crippen LogP contribution in [0.2, 0.25) is 0 Å². The number of esters is 1. The van der Waals surface area contributed by atoms with Crippen LogP contribution in [-0.2, 0) is 16.0 Å². The number of thiophene rings is 1. The Bertz CT molecular complexity index is 984. The van der Waals surface area contributed by atoms with E-state index in [4.69, 9.17) is 5.73 Å². The van der Waals surface area contributed by atoms with Crippen LogP contribution in [0.1, 0.15) is 22.2 Å². The number of hydrogen-bond donors (Lipinski definition) is 2. The van der Waals surface area contributed by atoms with Gasteiger partial charge in [0.15, 0.2) is 0 Å². The zero-order valence-electron chi connectivity index (χ0n) is 15.2. The second-order valence-corrected chi connectivity index (χ2v) is 7.09. The first-order valence-corrected chi connectivity index (χ1v) is 9.45. The van der Waals surface area contributed by atoms with E-state index in [1.165, 1.54) is 24.0 Å². The summed E-state index contributed by atoms with van der Waals surface area (Å²) in [6.45, 7) is 2.13. The number of hydrogen-bond acceptors (Lipinski definition) is 6. The molecule has 0 aliphatic rings. The highest BCUT2D eigenvalue weighted by molar-refractivity contribution is 7.21. The molecular formula is C20H21N3O3S. The normalized spacial score (nSPS) is 12.0. The van der Waals surface area contributed by atoms with E-state index in [9.17, 15) is 9.59 Å². The summed E-state index contributed by atoms with van der Waals surface area (Å²) in [4.78, 5) is 28.7. The molecular weight excluding hydrogens is 362 g/mol. The van der Waals surface area contributed by atoms with Gasteiger partial charge in [-0.3, -0.25) is 14.6 Å². The average molecular weight is 383 g/mol. The minimum absolute atomic E-state index is 0.0126. The second-order valence-electron chi connectivity index (χ2n) is 6.03. The van der Waals surface area contributed by atoms with Gasteiger partial charge in [-0.1, -0.05) is 31.2 Å². The molecule has 0 fully saturated rings. The number of amides is 1. The Morgan fingerprint density at radius 3 is 2.78 bits per heavy atom. The molecule has 1 amide bonds. The minimum Gasteiger partial charge on any atom is -0.468 e. The molecule has 27 heavy (non-hydrogen) atoms. The van der Waals surface area contributed by atoms with Crippen molar-refractivity contribution in [2.45, 2.75) is 19.4 Å². The molecule has 0 aliphatic heterocycles. The maximum absolute atomic E-state index is 12.5. The van der Waals surface area contributed by atoms with Crippen molar-refractivity contribution in [2.75, 3.05) is 13.7 Å². The molecule has 2 heterocycles. The van der Waals surface area contributed by atoms with Gasteiger partial charge in [-0.2, -0.15) is 0 Å². The Morgan fingerprint density at radius 2 is 2.04 bits per heavy atom. The molecule has 0 aliphatic carbocycles. The number of carbonyl (C=O) groups excluding carboxylic acids is 2. The molecule has 7 heteroatoms. The summed E-state index contributed by atoms with van der Waals surface area (Å²) >= 11 is 1.38. The molecule has 3 aromatic rings. The van der Waals surface area contributed by atoms with Gasteiger partial charge in [-0.25, -0.2) is 0 Å². The number of aromatic nitrogens is 1. The zero-order valence-corrected chi connectivity index (χ0v) is 16.0. The van der Waals surface area contributed by atoms with Gasteiger partial charge in [0.2, 0.25) is 0 Å². The highest BCUT2D eigenvalue weighted by Gasteiger charge is 2.18. The van der Waals surface area contributed by atoms with Crippen LogP contribution in [-0.4, -0.2) is 36.6 Å². The second kappa shape index (κ2) is 8.28. The molecule has 140 valence electrons. The number of carbonyl (C=O) groups is 2. The fraction of sp³-hybridized carbons (Fsp3) is 0.250. The number of fused-ring (bicyclic) bond motifs is 1. The molecule has 0 radical (unpaired) electrons. The lowest BCUT2D eigenvalue weighted by atomic mass is 9.99. The number of aryl methyl sites for hydroxylation is 1. The third-order valence-corrected chi connectivity index (χ3v) is 5.47. The summed E-state index contributed by atoms with van der Waals surface area (Å²) in [5.74, 6) is -0.848. The number of nitrogens with one attached hydrogen (secondary N) is 1. The van der Waals surface area contributed by atoms with Gasteiger partial charge >= 0.3 is 5.97 Å². The largest absolute Gasteiger partial charge is 0.468 e. The van der Waals surface area contributed by atoms with E-state index in [0.717, 1.165) is 27.8 Å². The highest BCUT2D eigenvalue weighted by atomic mass is 32.1. The minimum atomic E-state index is -0.890. The van der Waals surface area contributed by atoms with E-state index < -0.39 is 12.0 Å². The van der Waals surface area contributed by atoms with Crippen LogP contribution >= 0.6 is 11.3 Å². The molecule has 1 aromatic carbocycles. The summed E-state index contributed by atoms with van der Waals surface area (Å²) in [7, 11) is 1.26. The van der Waals surface area contributed by atoms with Crippen molar-refractivity contribution in [3.05, 3.63) is 53.0 Å². The molecule has 0 saturated carbocycles. The van der Waals surface area contributed by atoms with E-state index in [1.54, 1.807) is 12.3 Å². The van der Waals surface area contributed by atoms with Crippen molar-refractivity contribution in [3.63, 3.8) is 0 Å². The lowest BCUT2D eigenvalue weighted by molar-refractivity contribution is -0.141. The highest BCUT2D eigenvalue weighted by Crippen LogP contribution is 2.35. The number of pyridine rings is 1.